The molecule has 1 N–H and O–H groups in total. The molecule has 0 saturated carbocycles. The van der Waals surface area contributed by atoms with Gasteiger partial charge in [0.2, 0.25) is 5.88 Å². The molecule has 3 heterocycles. The van der Waals surface area contributed by atoms with E-state index in [1.165, 1.54) is 6.07 Å². The Morgan fingerprint density at radius 2 is 2.12 bits per heavy atom. The minimum absolute atomic E-state index is 0.0768. The molecule has 2 aromatic heterocycles. The van der Waals surface area contributed by atoms with E-state index in [1.54, 1.807) is 41.6 Å². The number of pyridine rings is 1. The van der Waals surface area contributed by atoms with Crippen molar-refractivity contribution in [1.82, 2.24) is 19.7 Å². The van der Waals surface area contributed by atoms with Crippen molar-refractivity contribution in [2.45, 2.75) is 12.6 Å². The molecule has 0 unspecified atom stereocenters. The molecule has 0 bridgehead atoms. The van der Waals surface area contributed by atoms with Crippen LogP contribution >= 0.6 is 0 Å². The predicted octanol–water partition coefficient (Wildman–Crippen LogP) is 2.26. The zero-order valence-electron chi connectivity index (χ0n) is 14.0. The highest BCUT2D eigenvalue weighted by Gasteiger charge is 2.29. The smallest absolute Gasteiger partial charge is 0.254 e. The Morgan fingerprint density at radius 1 is 1.19 bits per heavy atom. The third kappa shape index (κ3) is 3.23. The number of rotatable bonds is 4. The van der Waals surface area contributed by atoms with Crippen LogP contribution in [0.5, 0.6) is 11.6 Å². The molecule has 1 aliphatic rings. The lowest BCUT2D eigenvalue weighted by molar-refractivity contribution is 0.0631. The monoisotopic (exact) mass is 350 g/mol. The fraction of sp³-hybridized carbons (Fsp3) is 0.211. The van der Waals surface area contributed by atoms with Gasteiger partial charge < -0.3 is 14.7 Å². The summed E-state index contributed by atoms with van der Waals surface area (Å²) >= 11 is 0. The molecule has 3 aromatic rings. The van der Waals surface area contributed by atoms with Crippen LogP contribution in [0.25, 0.3) is 0 Å². The molecular formula is C19H18N4O3. The quantitative estimate of drug-likeness (QED) is 0.781. The summed E-state index contributed by atoms with van der Waals surface area (Å²) in [5.41, 5.74) is 1.40. The average Bonchev–Trinajstić information content (AvgIpc) is 3.15. The van der Waals surface area contributed by atoms with Crippen molar-refractivity contribution < 1.29 is 14.6 Å². The van der Waals surface area contributed by atoms with Gasteiger partial charge in [0.25, 0.3) is 5.91 Å². The number of fused-ring (bicyclic) bond motifs is 1. The number of phenols is 1. The van der Waals surface area contributed by atoms with Gasteiger partial charge in [0.05, 0.1) is 12.2 Å². The molecule has 0 fully saturated rings. The van der Waals surface area contributed by atoms with Gasteiger partial charge in [-0.2, -0.15) is 5.10 Å². The molecule has 1 atom stereocenters. The van der Waals surface area contributed by atoms with Gasteiger partial charge in [-0.1, -0.05) is 12.1 Å². The number of aromatic hydroxyl groups is 1. The number of amides is 1. The van der Waals surface area contributed by atoms with Crippen LogP contribution in [0.2, 0.25) is 0 Å². The third-order valence-electron chi connectivity index (χ3n) is 4.32. The SMILES string of the molecule is O=C(c1cccc(O)c1)N1Cc2ccnn2[C@@H](COc2ccccn2)C1. The van der Waals surface area contributed by atoms with Crippen molar-refractivity contribution in [2.24, 2.45) is 0 Å². The van der Waals surface area contributed by atoms with Crippen LogP contribution in [-0.2, 0) is 6.54 Å². The van der Waals surface area contributed by atoms with E-state index in [9.17, 15) is 9.90 Å². The van der Waals surface area contributed by atoms with Crippen molar-refractivity contribution in [2.75, 3.05) is 13.2 Å². The number of aromatic nitrogens is 3. The molecule has 1 aliphatic heterocycles. The number of phenolic OH excluding ortho intramolecular Hbond substituents is 1. The van der Waals surface area contributed by atoms with E-state index in [1.807, 2.05) is 22.9 Å². The zero-order chi connectivity index (χ0) is 17.9. The van der Waals surface area contributed by atoms with E-state index in [2.05, 4.69) is 10.1 Å². The highest BCUT2D eigenvalue weighted by atomic mass is 16.5. The Morgan fingerprint density at radius 3 is 2.92 bits per heavy atom. The minimum atomic E-state index is -0.129. The van der Waals surface area contributed by atoms with Gasteiger partial charge in [-0.25, -0.2) is 4.98 Å². The lowest BCUT2D eigenvalue weighted by Gasteiger charge is -2.33. The third-order valence-corrected chi connectivity index (χ3v) is 4.32. The molecule has 0 spiro atoms. The van der Waals surface area contributed by atoms with Crippen LogP contribution in [-0.4, -0.2) is 43.8 Å². The fourth-order valence-corrected chi connectivity index (χ4v) is 3.10. The van der Waals surface area contributed by atoms with E-state index in [-0.39, 0.29) is 17.7 Å². The van der Waals surface area contributed by atoms with Gasteiger partial charge in [0, 0.05) is 30.6 Å². The lowest BCUT2D eigenvalue weighted by Crippen LogP contribution is -2.43. The second-order valence-corrected chi connectivity index (χ2v) is 6.14. The first-order chi connectivity index (χ1) is 12.7. The van der Waals surface area contributed by atoms with Crippen LogP contribution in [0, 0.1) is 0 Å². The number of carbonyl (C=O) groups excluding carboxylic acids is 1. The number of ether oxygens (including phenoxy) is 1. The summed E-state index contributed by atoms with van der Waals surface area (Å²) in [4.78, 5) is 18.7. The van der Waals surface area contributed by atoms with Crippen LogP contribution in [0.4, 0.5) is 0 Å². The molecular weight excluding hydrogens is 332 g/mol. The number of benzene rings is 1. The number of hydrogen-bond donors (Lipinski definition) is 1. The maximum atomic E-state index is 12.8. The van der Waals surface area contributed by atoms with Crippen molar-refractivity contribution >= 4 is 5.91 Å². The molecule has 4 rings (SSSR count). The zero-order valence-corrected chi connectivity index (χ0v) is 14.0. The van der Waals surface area contributed by atoms with E-state index < -0.39 is 0 Å². The van der Waals surface area contributed by atoms with Gasteiger partial charge in [-0.15, -0.1) is 0 Å². The highest BCUT2D eigenvalue weighted by molar-refractivity contribution is 5.94. The summed E-state index contributed by atoms with van der Waals surface area (Å²) in [5.74, 6) is 0.488. The maximum absolute atomic E-state index is 12.8. The summed E-state index contributed by atoms with van der Waals surface area (Å²) in [6.45, 7) is 1.29. The summed E-state index contributed by atoms with van der Waals surface area (Å²) in [7, 11) is 0. The van der Waals surface area contributed by atoms with E-state index in [4.69, 9.17) is 4.74 Å². The Balaban J connectivity index is 1.53. The molecule has 7 heteroatoms. The van der Waals surface area contributed by atoms with E-state index in [0.717, 1.165) is 5.69 Å². The van der Waals surface area contributed by atoms with Gasteiger partial charge in [0.1, 0.15) is 18.4 Å². The van der Waals surface area contributed by atoms with Gasteiger partial charge in [-0.3, -0.25) is 9.48 Å². The molecule has 1 aromatic carbocycles. The topological polar surface area (TPSA) is 80.5 Å². The summed E-state index contributed by atoms with van der Waals surface area (Å²) in [5, 5.41) is 14.0. The molecule has 7 nitrogen and oxygen atoms in total. The van der Waals surface area contributed by atoms with E-state index >= 15 is 0 Å². The van der Waals surface area contributed by atoms with E-state index in [0.29, 0.717) is 31.1 Å². The number of nitrogens with zero attached hydrogens (tertiary/aromatic N) is 4. The molecule has 1 amide bonds. The van der Waals surface area contributed by atoms with Crippen LogP contribution < -0.4 is 4.74 Å². The first kappa shape index (κ1) is 16.1. The first-order valence-corrected chi connectivity index (χ1v) is 8.35. The van der Waals surface area contributed by atoms with Crippen LogP contribution in [0.1, 0.15) is 22.1 Å². The van der Waals surface area contributed by atoms with Gasteiger partial charge in [0.15, 0.2) is 0 Å². The Hall–Kier alpha value is -3.35. The first-order valence-electron chi connectivity index (χ1n) is 8.35. The maximum Gasteiger partial charge on any atom is 0.254 e. The molecule has 0 aliphatic carbocycles. The molecule has 26 heavy (non-hydrogen) atoms. The predicted molar refractivity (Wildman–Crippen MR) is 93.8 cm³/mol. The Labute approximate surface area is 150 Å². The minimum Gasteiger partial charge on any atom is -0.508 e. The highest BCUT2D eigenvalue weighted by Crippen LogP contribution is 2.23. The van der Waals surface area contributed by atoms with Gasteiger partial charge >= 0.3 is 0 Å². The van der Waals surface area contributed by atoms with Crippen LogP contribution in [0.3, 0.4) is 0 Å². The average molecular weight is 350 g/mol. The lowest BCUT2D eigenvalue weighted by atomic mass is 10.1. The van der Waals surface area contributed by atoms with Crippen molar-refractivity contribution in [1.29, 1.82) is 0 Å². The second-order valence-electron chi connectivity index (χ2n) is 6.14. The fourth-order valence-electron chi connectivity index (χ4n) is 3.10. The molecule has 132 valence electrons. The second kappa shape index (κ2) is 6.87. The van der Waals surface area contributed by atoms with Crippen molar-refractivity contribution in [3.63, 3.8) is 0 Å². The Kier molecular flexibility index (Phi) is 4.27. The van der Waals surface area contributed by atoms with Crippen molar-refractivity contribution in [3.05, 3.63) is 72.2 Å². The standard InChI is InChI=1S/C19H18N4O3/c24-17-5-3-4-14(10-17)19(25)22-11-15-7-9-21-23(15)16(12-22)13-26-18-6-1-2-8-20-18/h1-10,16,24H,11-13H2/t16-/m1/s1. The summed E-state index contributed by atoms with van der Waals surface area (Å²) in [6, 6.07) is 13.7. The summed E-state index contributed by atoms with van der Waals surface area (Å²) < 4.78 is 7.67. The van der Waals surface area contributed by atoms with Crippen LogP contribution in [0.15, 0.2) is 60.9 Å². The van der Waals surface area contributed by atoms with Crippen molar-refractivity contribution in [3.8, 4) is 11.6 Å². The molecule has 0 radical (unpaired) electrons. The summed E-state index contributed by atoms with van der Waals surface area (Å²) in [6.07, 6.45) is 3.40. The normalized spacial score (nSPS) is 16.2. The Bertz CT molecular complexity index is 910. The largest absolute Gasteiger partial charge is 0.508 e. The van der Waals surface area contributed by atoms with Gasteiger partial charge in [-0.05, 0) is 30.3 Å². The number of hydrogen-bond acceptors (Lipinski definition) is 5. The molecule has 0 saturated heterocycles. The number of carbonyl (C=O) groups is 1.